The summed E-state index contributed by atoms with van der Waals surface area (Å²) >= 11 is 0. The Bertz CT molecular complexity index is 633. The number of halogens is 3. The summed E-state index contributed by atoms with van der Waals surface area (Å²) in [5, 5.41) is 29.1. The maximum Gasteiger partial charge on any atom is 0.490 e. The summed E-state index contributed by atoms with van der Waals surface area (Å²) in [5.41, 5.74) is 0. The standard InChI is InChI=1S/C18H32N2O10.C2HF3O2/c21-15(1-3-17(23)24)19-5-7-27-9-11-29-13-14-30-12-10-28-8-6-20-16(22)2-4-18(25)26;3-2(4,5)1(6)7/h1-14H2,(H,19,21)(H,20,22)(H,23,24)(H,25,26);(H,6,7). The summed E-state index contributed by atoms with van der Waals surface area (Å²) in [6, 6.07) is 0. The Labute approximate surface area is 210 Å². The molecule has 14 nitrogen and oxygen atoms in total. The van der Waals surface area contributed by atoms with Crippen molar-refractivity contribution in [3.63, 3.8) is 0 Å². The van der Waals surface area contributed by atoms with Crippen molar-refractivity contribution >= 4 is 29.7 Å². The second-order valence-electron chi connectivity index (χ2n) is 6.74. The number of aliphatic carboxylic acids is 3. The quantitative estimate of drug-likeness (QED) is 0.116. The fourth-order valence-electron chi connectivity index (χ4n) is 1.90. The van der Waals surface area contributed by atoms with E-state index in [0.29, 0.717) is 65.9 Å². The molecule has 0 saturated heterocycles. The van der Waals surface area contributed by atoms with Gasteiger partial charge in [-0.05, 0) is 0 Å². The topological polar surface area (TPSA) is 207 Å². The molecule has 0 aliphatic rings. The zero-order chi connectivity index (χ0) is 28.5. The van der Waals surface area contributed by atoms with E-state index in [0.717, 1.165) is 0 Å². The minimum absolute atomic E-state index is 0.0470. The molecule has 0 radical (unpaired) electrons. The maximum atomic E-state index is 11.2. The molecule has 0 heterocycles. The number of hydrogen-bond acceptors (Lipinski definition) is 9. The van der Waals surface area contributed by atoms with Gasteiger partial charge in [0.1, 0.15) is 0 Å². The first-order chi connectivity index (χ1) is 17.4. The molecule has 0 saturated carbocycles. The molecule has 0 aromatic heterocycles. The highest BCUT2D eigenvalue weighted by molar-refractivity contribution is 5.81. The molecule has 0 aromatic carbocycles. The lowest BCUT2D eigenvalue weighted by Crippen LogP contribution is -2.28. The molecule has 0 aliphatic heterocycles. The van der Waals surface area contributed by atoms with Gasteiger partial charge in [-0.15, -0.1) is 0 Å². The summed E-state index contributed by atoms with van der Waals surface area (Å²) < 4.78 is 52.9. The lowest BCUT2D eigenvalue weighted by Gasteiger charge is -2.08. The molecule has 17 heteroatoms. The highest BCUT2D eigenvalue weighted by Gasteiger charge is 2.38. The molecule has 0 fully saturated rings. The monoisotopic (exact) mass is 550 g/mol. The molecule has 0 atom stereocenters. The fraction of sp³-hybridized carbons (Fsp3) is 0.750. The number of nitrogens with one attached hydrogen (secondary N) is 2. The van der Waals surface area contributed by atoms with Gasteiger partial charge in [0, 0.05) is 25.9 Å². The lowest BCUT2D eigenvalue weighted by molar-refractivity contribution is -0.192. The van der Waals surface area contributed by atoms with Crippen LogP contribution in [-0.2, 0) is 42.9 Å². The van der Waals surface area contributed by atoms with Crippen LogP contribution in [0.25, 0.3) is 0 Å². The van der Waals surface area contributed by atoms with Crippen molar-refractivity contribution in [1.29, 1.82) is 0 Å². The van der Waals surface area contributed by atoms with Crippen LogP contribution in [0, 0.1) is 0 Å². The SMILES string of the molecule is O=C(O)C(F)(F)F.O=C(O)CCC(=O)NCCOCCOCCOCCOCCNC(=O)CCC(=O)O. The number of ether oxygens (including phenoxy) is 4. The number of hydrogen-bond donors (Lipinski definition) is 5. The second-order valence-corrected chi connectivity index (χ2v) is 6.74. The van der Waals surface area contributed by atoms with Crippen molar-refractivity contribution < 1.29 is 71.4 Å². The van der Waals surface area contributed by atoms with Gasteiger partial charge in [0.05, 0.1) is 65.7 Å². The van der Waals surface area contributed by atoms with E-state index in [2.05, 4.69) is 10.6 Å². The van der Waals surface area contributed by atoms with E-state index in [9.17, 15) is 32.3 Å². The van der Waals surface area contributed by atoms with E-state index in [4.69, 9.17) is 39.1 Å². The minimum Gasteiger partial charge on any atom is -0.481 e. The largest absolute Gasteiger partial charge is 0.490 e. The third-order valence-electron chi connectivity index (χ3n) is 3.63. The van der Waals surface area contributed by atoms with Crippen LogP contribution in [0.2, 0.25) is 0 Å². The molecule has 5 N–H and O–H groups in total. The molecule has 0 bridgehead atoms. The molecule has 0 aliphatic carbocycles. The third-order valence-corrected chi connectivity index (χ3v) is 3.63. The number of rotatable bonds is 21. The van der Waals surface area contributed by atoms with Gasteiger partial charge < -0.3 is 44.9 Å². The van der Waals surface area contributed by atoms with Crippen molar-refractivity contribution in [3.8, 4) is 0 Å². The van der Waals surface area contributed by atoms with Crippen molar-refractivity contribution in [2.75, 3.05) is 65.9 Å². The predicted octanol–water partition coefficient (Wildman–Crippen LogP) is -0.352. The molecule has 216 valence electrons. The van der Waals surface area contributed by atoms with Crippen LogP contribution < -0.4 is 10.6 Å². The van der Waals surface area contributed by atoms with E-state index in [1.54, 1.807) is 0 Å². The Morgan fingerprint density at radius 3 is 1.05 bits per heavy atom. The zero-order valence-electron chi connectivity index (χ0n) is 20.0. The average molecular weight is 550 g/mol. The second kappa shape index (κ2) is 23.4. The first-order valence-electron chi connectivity index (χ1n) is 10.9. The van der Waals surface area contributed by atoms with Gasteiger partial charge in [0.2, 0.25) is 11.8 Å². The van der Waals surface area contributed by atoms with Gasteiger partial charge in [-0.1, -0.05) is 0 Å². The number of carbonyl (C=O) groups excluding carboxylic acids is 2. The van der Waals surface area contributed by atoms with E-state index in [-0.39, 0.29) is 37.5 Å². The van der Waals surface area contributed by atoms with E-state index in [1.165, 1.54) is 0 Å². The smallest absolute Gasteiger partial charge is 0.481 e. The van der Waals surface area contributed by atoms with E-state index in [1.807, 2.05) is 0 Å². The number of carboxylic acid groups (broad SMARTS) is 3. The molecule has 0 unspecified atom stereocenters. The number of amides is 2. The molecule has 0 rings (SSSR count). The van der Waals surface area contributed by atoms with Crippen molar-refractivity contribution in [3.05, 3.63) is 0 Å². The minimum atomic E-state index is -5.08. The van der Waals surface area contributed by atoms with Crippen LogP contribution in [-0.4, -0.2) is 117 Å². The van der Waals surface area contributed by atoms with Gasteiger partial charge in [-0.25, -0.2) is 4.79 Å². The van der Waals surface area contributed by atoms with Gasteiger partial charge >= 0.3 is 24.1 Å². The molecule has 0 spiro atoms. The molecule has 2 amide bonds. The number of carboxylic acids is 3. The first kappa shape index (κ1) is 36.1. The number of carbonyl (C=O) groups is 5. The average Bonchev–Trinajstić information content (AvgIpc) is 2.80. The molecule has 0 aromatic rings. The van der Waals surface area contributed by atoms with Crippen LogP contribution in [0.4, 0.5) is 13.2 Å². The highest BCUT2D eigenvalue weighted by Crippen LogP contribution is 2.13. The summed E-state index contributed by atoms with van der Waals surface area (Å²) in [7, 11) is 0. The maximum absolute atomic E-state index is 11.2. The van der Waals surface area contributed by atoms with Crippen LogP contribution in [0.1, 0.15) is 25.7 Å². The van der Waals surface area contributed by atoms with Crippen LogP contribution in [0.5, 0.6) is 0 Å². The Kier molecular flexibility index (Phi) is 22.8. The van der Waals surface area contributed by atoms with Gasteiger partial charge in [0.15, 0.2) is 0 Å². The lowest BCUT2D eigenvalue weighted by atomic mass is 10.3. The normalized spacial score (nSPS) is 10.7. The van der Waals surface area contributed by atoms with Crippen LogP contribution in [0.3, 0.4) is 0 Å². The molecule has 37 heavy (non-hydrogen) atoms. The summed E-state index contributed by atoms with van der Waals surface area (Å²) in [5.74, 6) is -5.41. The summed E-state index contributed by atoms with van der Waals surface area (Å²) in [6.07, 6.45) is -5.56. The predicted molar refractivity (Wildman–Crippen MR) is 117 cm³/mol. The summed E-state index contributed by atoms with van der Waals surface area (Å²) in [6.45, 7) is 3.55. The van der Waals surface area contributed by atoms with Crippen molar-refractivity contribution in [2.24, 2.45) is 0 Å². The third kappa shape index (κ3) is 30.9. The fourth-order valence-corrected chi connectivity index (χ4v) is 1.90. The highest BCUT2D eigenvalue weighted by atomic mass is 19.4. The van der Waals surface area contributed by atoms with Gasteiger partial charge in [0.25, 0.3) is 0 Å². The first-order valence-corrected chi connectivity index (χ1v) is 10.9. The van der Waals surface area contributed by atoms with Crippen LogP contribution in [0.15, 0.2) is 0 Å². The van der Waals surface area contributed by atoms with Crippen molar-refractivity contribution in [1.82, 2.24) is 10.6 Å². The van der Waals surface area contributed by atoms with Gasteiger partial charge in [-0.3, -0.25) is 19.2 Å². The Balaban J connectivity index is 0. The Morgan fingerprint density at radius 2 is 0.811 bits per heavy atom. The van der Waals surface area contributed by atoms with E-state index < -0.39 is 24.1 Å². The number of alkyl halides is 3. The Morgan fingerprint density at radius 1 is 0.541 bits per heavy atom. The Hall–Kier alpha value is -3.02. The molecular formula is C20H33F3N2O12. The van der Waals surface area contributed by atoms with E-state index >= 15 is 0 Å². The van der Waals surface area contributed by atoms with Crippen molar-refractivity contribution in [2.45, 2.75) is 31.9 Å². The van der Waals surface area contributed by atoms with Crippen LogP contribution >= 0.6 is 0 Å². The van der Waals surface area contributed by atoms with Gasteiger partial charge in [-0.2, -0.15) is 13.2 Å². The summed E-state index contributed by atoms with van der Waals surface area (Å²) in [4.78, 5) is 52.0. The zero-order valence-corrected chi connectivity index (χ0v) is 20.0. The molecular weight excluding hydrogens is 517 g/mol.